The van der Waals surface area contributed by atoms with Crippen molar-refractivity contribution in [2.24, 2.45) is 0 Å². The number of fused-ring (bicyclic) bond motifs is 1. The second-order valence-electron chi connectivity index (χ2n) is 4.57. The summed E-state index contributed by atoms with van der Waals surface area (Å²) in [5, 5.41) is 7.80. The van der Waals surface area contributed by atoms with Crippen LogP contribution in [0.1, 0.15) is 16.3 Å². The summed E-state index contributed by atoms with van der Waals surface area (Å²) in [4.78, 5) is 8.91. The zero-order valence-corrected chi connectivity index (χ0v) is 11.8. The lowest BCUT2D eigenvalue weighted by atomic mass is 10.1. The minimum absolute atomic E-state index is 0.756. The highest BCUT2D eigenvalue weighted by Crippen LogP contribution is 2.25. The maximum atomic E-state index is 4.46. The Hall–Kier alpha value is -1.94. The van der Waals surface area contributed by atoms with E-state index in [2.05, 4.69) is 45.8 Å². The summed E-state index contributed by atoms with van der Waals surface area (Å²) < 4.78 is 0. The molecule has 1 aromatic carbocycles. The Morgan fingerprint density at radius 1 is 1.21 bits per heavy atom. The van der Waals surface area contributed by atoms with Gasteiger partial charge in [0.05, 0.1) is 12.1 Å². The van der Waals surface area contributed by atoms with Crippen LogP contribution in [-0.2, 0) is 6.54 Å². The summed E-state index contributed by atoms with van der Waals surface area (Å²) in [6.07, 6.45) is 1.84. The number of thiazole rings is 1. The van der Waals surface area contributed by atoms with Gasteiger partial charge in [-0.2, -0.15) is 0 Å². The molecule has 2 aromatic heterocycles. The number of aromatic nitrogens is 2. The van der Waals surface area contributed by atoms with Gasteiger partial charge in [0.15, 0.2) is 0 Å². The average Bonchev–Trinajstić information content (AvgIpc) is 2.84. The summed E-state index contributed by atoms with van der Waals surface area (Å²) in [5.41, 5.74) is 4.45. The lowest BCUT2D eigenvalue weighted by molar-refractivity contribution is 1.08. The zero-order chi connectivity index (χ0) is 13.2. The van der Waals surface area contributed by atoms with Gasteiger partial charge in [0, 0.05) is 28.3 Å². The molecule has 0 spiro atoms. The van der Waals surface area contributed by atoms with E-state index in [9.17, 15) is 0 Å². The predicted octanol–water partition coefficient (Wildman–Crippen LogP) is 3.92. The van der Waals surface area contributed by atoms with Crippen molar-refractivity contribution in [1.82, 2.24) is 9.97 Å². The van der Waals surface area contributed by atoms with Crippen LogP contribution in [0.25, 0.3) is 10.9 Å². The van der Waals surface area contributed by atoms with Crippen LogP contribution < -0.4 is 5.32 Å². The fraction of sp³-hybridized carbons (Fsp3) is 0.200. The molecule has 2 heterocycles. The van der Waals surface area contributed by atoms with Crippen LogP contribution in [0, 0.1) is 13.8 Å². The first kappa shape index (κ1) is 12.1. The molecule has 0 aliphatic carbocycles. The molecule has 0 saturated carbocycles. The Bertz CT molecular complexity index is 718. The molecule has 0 unspecified atom stereocenters. The Morgan fingerprint density at radius 3 is 2.89 bits per heavy atom. The molecule has 3 nitrogen and oxygen atoms in total. The monoisotopic (exact) mass is 269 g/mol. The van der Waals surface area contributed by atoms with Gasteiger partial charge in [0.2, 0.25) is 0 Å². The SMILES string of the molecule is Cc1csc(CNc2ccc(C)c3ncccc23)n1. The Labute approximate surface area is 116 Å². The van der Waals surface area contributed by atoms with Crippen molar-refractivity contribution < 1.29 is 0 Å². The maximum absolute atomic E-state index is 4.46. The highest BCUT2D eigenvalue weighted by Gasteiger charge is 2.05. The van der Waals surface area contributed by atoms with Crippen molar-refractivity contribution in [3.8, 4) is 0 Å². The largest absolute Gasteiger partial charge is 0.378 e. The summed E-state index contributed by atoms with van der Waals surface area (Å²) in [6.45, 7) is 4.86. The molecule has 4 heteroatoms. The molecule has 0 amide bonds. The number of pyridine rings is 1. The third-order valence-corrected chi connectivity index (χ3v) is 4.03. The molecule has 3 rings (SSSR count). The number of rotatable bonds is 3. The zero-order valence-electron chi connectivity index (χ0n) is 11.0. The molecule has 0 saturated heterocycles. The van der Waals surface area contributed by atoms with Gasteiger partial charge in [-0.15, -0.1) is 11.3 Å². The van der Waals surface area contributed by atoms with E-state index in [4.69, 9.17) is 0 Å². The Morgan fingerprint density at radius 2 is 2.11 bits per heavy atom. The number of hydrogen-bond donors (Lipinski definition) is 1. The van der Waals surface area contributed by atoms with Crippen molar-refractivity contribution >= 4 is 27.9 Å². The van der Waals surface area contributed by atoms with E-state index in [1.54, 1.807) is 11.3 Å². The predicted molar refractivity (Wildman–Crippen MR) is 80.7 cm³/mol. The second-order valence-corrected chi connectivity index (χ2v) is 5.51. The molecule has 0 atom stereocenters. The summed E-state index contributed by atoms with van der Waals surface area (Å²) in [5.74, 6) is 0. The first-order valence-corrected chi connectivity index (χ1v) is 7.11. The third kappa shape index (κ3) is 2.44. The first-order chi connectivity index (χ1) is 9.24. The fourth-order valence-electron chi connectivity index (χ4n) is 2.12. The van der Waals surface area contributed by atoms with E-state index in [1.165, 1.54) is 5.56 Å². The molecular weight excluding hydrogens is 254 g/mol. The molecule has 1 N–H and O–H groups in total. The van der Waals surface area contributed by atoms with E-state index in [1.807, 2.05) is 19.2 Å². The van der Waals surface area contributed by atoms with Crippen LogP contribution in [0.15, 0.2) is 35.8 Å². The van der Waals surface area contributed by atoms with E-state index < -0.39 is 0 Å². The van der Waals surface area contributed by atoms with Gasteiger partial charge in [-0.1, -0.05) is 6.07 Å². The Kier molecular flexibility index (Phi) is 3.17. The van der Waals surface area contributed by atoms with E-state index in [0.29, 0.717) is 0 Å². The van der Waals surface area contributed by atoms with Crippen LogP contribution in [0.2, 0.25) is 0 Å². The van der Waals surface area contributed by atoms with Gasteiger partial charge in [0.25, 0.3) is 0 Å². The number of anilines is 1. The quantitative estimate of drug-likeness (QED) is 0.783. The van der Waals surface area contributed by atoms with Crippen LogP contribution in [0.4, 0.5) is 5.69 Å². The fourth-order valence-corrected chi connectivity index (χ4v) is 2.83. The second kappa shape index (κ2) is 4.97. The normalized spacial score (nSPS) is 10.8. The minimum atomic E-state index is 0.756. The molecule has 0 radical (unpaired) electrons. The topological polar surface area (TPSA) is 37.8 Å². The van der Waals surface area contributed by atoms with Gasteiger partial charge in [0.1, 0.15) is 5.01 Å². The van der Waals surface area contributed by atoms with E-state index in [-0.39, 0.29) is 0 Å². The maximum Gasteiger partial charge on any atom is 0.112 e. The van der Waals surface area contributed by atoms with Crippen molar-refractivity contribution in [1.29, 1.82) is 0 Å². The number of nitrogens with one attached hydrogen (secondary N) is 1. The van der Waals surface area contributed by atoms with Crippen molar-refractivity contribution in [2.45, 2.75) is 20.4 Å². The van der Waals surface area contributed by atoms with Gasteiger partial charge in [-0.05, 0) is 37.6 Å². The highest BCUT2D eigenvalue weighted by molar-refractivity contribution is 7.09. The average molecular weight is 269 g/mol. The number of nitrogens with zero attached hydrogens (tertiary/aromatic N) is 2. The molecule has 19 heavy (non-hydrogen) atoms. The summed E-state index contributed by atoms with van der Waals surface area (Å²) in [7, 11) is 0. The van der Waals surface area contributed by atoms with Crippen molar-refractivity contribution in [2.75, 3.05) is 5.32 Å². The molecule has 0 bridgehead atoms. The highest BCUT2D eigenvalue weighted by atomic mass is 32.1. The number of benzene rings is 1. The number of hydrogen-bond acceptors (Lipinski definition) is 4. The van der Waals surface area contributed by atoms with Gasteiger partial charge in [-0.3, -0.25) is 4.98 Å². The van der Waals surface area contributed by atoms with Gasteiger partial charge < -0.3 is 5.32 Å². The van der Waals surface area contributed by atoms with Crippen molar-refractivity contribution in [3.05, 3.63) is 52.1 Å². The van der Waals surface area contributed by atoms with Gasteiger partial charge >= 0.3 is 0 Å². The van der Waals surface area contributed by atoms with Crippen molar-refractivity contribution in [3.63, 3.8) is 0 Å². The lowest BCUT2D eigenvalue weighted by Crippen LogP contribution is -2.00. The van der Waals surface area contributed by atoms with E-state index >= 15 is 0 Å². The molecule has 3 aromatic rings. The standard InChI is InChI=1S/C15H15N3S/c1-10-5-6-13(12-4-3-7-16-15(10)12)17-8-14-18-11(2)9-19-14/h3-7,9,17H,8H2,1-2H3. The van der Waals surface area contributed by atoms with Crippen LogP contribution in [0.5, 0.6) is 0 Å². The minimum Gasteiger partial charge on any atom is -0.378 e. The molecule has 96 valence electrons. The van der Waals surface area contributed by atoms with E-state index in [0.717, 1.165) is 33.8 Å². The number of aryl methyl sites for hydroxylation is 2. The van der Waals surface area contributed by atoms with Crippen LogP contribution in [-0.4, -0.2) is 9.97 Å². The Balaban J connectivity index is 1.91. The van der Waals surface area contributed by atoms with Gasteiger partial charge in [-0.25, -0.2) is 4.98 Å². The van der Waals surface area contributed by atoms with Crippen LogP contribution >= 0.6 is 11.3 Å². The third-order valence-electron chi connectivity index (χ3n) is 3.07. The lowest BCUT2D eigenvalue weighted by Gasteiger charge is -2.09. The first-order valence-electron chi connectivity index (χ1n) is 6.23. The molecule has 0 aliphatic heterocycles. The van der Waals surface area contributed by atoms with Crippen LogP contribution in [0.3, 0.4) is 0 Å². The summed E-state index contributed by atoms with van der Waals surface area (Å²) in [6, 6.07) is 8.29. The smallest absolute Gasteiger partial charge is 0.112 e. The molecule has 0 aliphatic rings. The molecular formula is C15H15N3S. The summed E-state index contributed by atoms with van der Waals surface area (Å²) >= 11 is 1.69. The molecule has 0 fully saturated rings.